The summed E-state index contributed by atoms with van der Waals surface area (Å²) in [5.41, 5.74) is 6.45. The Balaban J connectivity index is 1.49. The van der Waals surface area contributed by atoms with Gasteiger partial charge >= 0.3 is 0 Å². The van der Waals surface area contributed by atoms with Gasteiger partial charge in [0.1, 0.15) is 5.82 Å². The van der Waals surface area contributed by atoms with Gasteiger partial charge in [0.05, 0.1) is 11.9 Å². The van der Waals surface area contributed by atoms with Crippen molar-refractivity contribution in [3.05, 3.63) is 126 Å². The maximum Gasteiger partial charge on any atom is 0.140 e. The van der Waals surface area contributed by atoms with Gasteiger partial charge in [-0.15, -0.1) is 0 Å². The number of unbranched alkanes of at least 4 members (excludes halogenated alkanes) is 1. The van der Waals surface area contributed by atoms with Crippen LogP contribution in [0.4, 0.5) is 0 Å². The minimum absolute atomic E-state index is 0.848. The van der Waals surface area contributed by atoms with Gasteiger partial charge < -0.3 is 4.57 Å². The maximum atomic E-state index is 4.90. The van der Waals surface area contributed by atoms with Crippen LogP contribution >= 0.6 is 0 Å². The van der Waals surface area contributed by atoms with Crippen molar-refractivity contribution in [2.75, 3.05) is 0 Å². The molecule has 0 fully saturated rings. The second kappa shape index (κ2) is 11.4. The number of benzene rings is 4. The van der Waals surface area contributed by atoms with Gasteiger partial charge in [0, 0.05) is 31.7 Å². The second-order valence-corrected chi connectivity index (χ2v) is 9.71. The Morgan fingerprint density at radius 1 is 0.750 bits per heavy atom. The molecule has 0 amide bonds. The molecule has 0 unspecified atom stereocenters. The molecule has 0 aliphatic rings. The second-order valence-electron chi connectivity index (χ2n) is 9.71. The van der Waals surface area contributed by atoms with E-state index in [1.54, 1.807) is 0 Å². The van der Waals surface area contributed by atoms with Crippen molar-refractivity contribution in [3.8, 4) is 11.4 Å². The highest BCUT2D eigenvalue weighted by Crippen LogP contribution is 2.25. The van der Waals surface area contributed by atoms with Crippen molar-refractivity contribution in [2.45, 2.75) is 52.9 Å². The molecule has 1 aromatic heterocycles. The SMILES string of the molecule is CCCCn1c(CN(Cc2ccc(C)cc2)Cc2cccc3ccccc23)cnc1-c1ccccc1. The number of imidazole rings is 1. The molecule has 36 heavy (non-hydrogen) atoms. The van der Waals surface area contributed by atoms with Gasteiger partial charge in [-0.05, 0) is 35.2 Å². The van der Waals surface area contributed by atoms with E-state index < -0.39 is 0 Å². The predicted molar refractivity (Wildman–Crippen MR) is 151 cm³/mol. The van der Waals surface area contributed by atoms with Gasteiger partial charge in [0.25, 0.3) is 0 Å². The van der Waals surface area contributed by atoms with Crippen molar-refractivity contribution >= 4 is 10.8 Å². The van der Waals surface area contributed by atoms with Crippen molar-refractivity contribution in [3.63, 3.8) is 0 Å². The lowest BCUT2D eigenvalue weighted by atomic mass is 10.0. The molecule has 0 spiro atoms. The van der Waals surface area contributed by atoms with E-state index in [0.29, 0.717) is 0 Å². The Kier molecular flexibility index (Phi) is 7.58. The summed E-state index contributed by atoms with van der Waals surface area (Å²) in [5.74, 6) is 1.07. The summed E-state index contributed by atoms with van der Waals surface area (Å²) >= 11 is 0. The molecule has 0 atom stereocenters. The summed E-state index contributed by atoms with van der Waals surface area (Å²) in [4.78, 5) is 7.46. The molecule has 0 aliphatic carbocycles. The summed E-state index contributed by atoms with van der Waals surface area (Å²) in [6, 6.07) is 34.9. The Morgan fingerprint density at radius 3 is 2.31 bits per heavy atom. The first-order chi connectivity index (χ1) is 17.7. The van der Waals surface area contributed by atoms with Gasteiger partial charge in [-0.2, -0.15) is 0 Å². The normalized spacial score (nSPS) is 11.4. The first-order valence-electron chi connectivity index (χ1n) is 13.1. The number of aryl methyl sites for hydroxylation is 1. The van der Waals surface area contributed by atoms with E-state index in [1.807, 2.05) is 0 Å². The molecule has 5 rings (SSSR count). The molecule has 4 aromatic carbocycles. The van der Waals surface area contributed by atoms with Gasteiger partial charge in [0.15, 0.2) is 0 Å². The molecule has 5 aromatic rings. The minimum Gasteiger partial charge on any atom is -0.327 e. The number of fused-ring (bicyclic) bond motifs is 1. The topological polar surface area (TPSA) is 21.1 Å². The monoisotopic (exact) mass is 473 g/mol. The Morgan fingerprint density at radius 2 is 1.50 bits per heavy atom. The molecule has 3 nitrogen and oxygen atoms in total. The van der Waals surface area contributed by atoms with Crippen molar-refractivity contribution in [1.29, 1.82) is 0 Å². The van der Waals surface area contributed by atoms with Crippen LogP contribution in [0.15, 0.2) is 103 Å². The lowest BCUT2D eigenvalue weighted by Crippen LogP contribution is -2.24. The molecule has 0 radical (unpaired) electrons. The quantitative estimate of drug-likeness (QED) is 0.205. The molecule has 182 valence electrons. The van der Waals surface area contributed by atoms with Crippen LogP contribution in [0, 0.1) is 6.92 Å². The third kappa shape index (κ3) is 5.58. The number of aromatic nitrogens is 2. The zero-order valence-corrected chi connectivity index (χ0v) is 21.4. The number of hydrogen-bond donors (Lipinski definition) is 0. The average molecular weight is 474 g/mol. The Hall–Kier alpha value is -3.69. The van der Waals surface area contributed by atoms with Crippen molar-refractivity contribution in [2.24, 2.45) is 0 Å². The standard InChI is InChI=1S/C33H35N3/c1-3-4-21-36-31(22-34-33(36)29-12-6-5-7-13-29)25-35(23-27-19-17-26(2)18-20-27)24-30-15-10-14-28-11-8-9-16-32(28)30/h5-20,22H,3-4,21,23-25H2,1-2H3. The van der Waals surface area contributed by atoms with Crippen LogP contribution in [0.25, 0.3) is 22.2 Å². The molecular formula is C33H35N3. The fourth-order valence-corrected chi connectivity index (χ4v) is 4.94. The predicted octanol–water partition coefficient (Wildman–Crippen LogP) is 8.01. The summed E-state index contributed by atoms with van der Waals surface area (Å²) in [6.07, 6.45) is 4.39. The minimum atomic E-state index is 0.848. The highest BCUT2D eigenvalue weighted by Gasteiger charge is 2.16. The van der Waals surface area contributed by atoms with Gasteiger partial charge in [-0.1, -0.05) is 116 Å². The first-order valence-corrected chi connectivity index (χ1v) is 13.1. The van der Waals surface area contributed by atoms with Crippen LogP contribution in [0.3, 0.4) is 0 Å². The van der Waals surface area contributed by atoms with E-state index in [4.69, 9.17) is 4.98 Å². The smallest absolute Gasteiger partial charge is 0.140 e. The molecule has 0 N–H and O–H groups in total. The van der Waals surface area contributed by atoms with Crippen LogP contribution in [0.1, 0.15) is 42.1 Å². The number of hydrogen-bond acceptors (Lipinski definition) is 2. The summed E-state index contributed by atoms with van der Waals surface area (Å²) < 4.78 is 2.43. The van der Waals surface area contributed by atoms with E-state index >= 15 is 0 Å². The van der Waals surface area contributed by atoms with E-state index in [2.05, 4.69) is 127 Å². The summed E-state index contributed by atoms with van der Waals surface area (Å²) in [7, 11) is 0. The third-order valence-electron chi connectivity index (χ3n) is 6.89. The number of rotatable bonds is 10. The van der Waals surface area contributed by atoms with Gasteiger partial charge in [-0.3, -0.25) is 4.90 Å². The van der Waals surface area contributed by atoms with Crippen LogP contribution < -0.4 is 0 Å². The van der Waals surface area contributed by atoms with Gasteiger partial charge in [0.2, 0.25) is 0 Å². The van der Waals surface area contributed by atoms with Crippen LogP contribution in [-0.2, 0) is 26.2 Å². The zero-order chi connectivity index (χ0) is 24.7. The molecular weight excluding hydrogens is 438 g/mol. The van der Waals surface area contributed by atoms with E-state index in [9.17, 15) is 0 Å². The van der Waals surface area contributed by atoms with E-state index in [0.717, 1.165) is 44.8 Å². The molecule has 0 saturated heterocycles. The average Bonchev–Trinajstić information content (AvgIpc) is 3.31. The largest absolute Gasteiger partial charge is 0.327 e. The number of nitrogens with zero attached hydrogens (tertiary/aromatic N) is 3. The fourth-order valence-electron chi connectivity index (χ4n) is 4.94. The third-order valence-corrected chi connectivity index (χ3v) is 6.89. The summed E-state index contributed by atoms with van der Waals surface area (Å²) in [5, 5.41) is 2.63. The lowest BCUT2D eigenvalue weighted by Gasteiger charge is -2.24. The highest BCUT2D eigenvalue weighted by molar-refractivity contribution is 5.85. The van der Waals surface area contributed by atoms with Crippen LogP contribution in [0.2, 0.25) is 0 Å². The van der Waals surface area contributed by atoms with Crippen LogP contribution in [-0.4, -0.2) is 14.5 Å². The van der Waals surface area contributed by atoms with Crippen molar-refractivity contribution in [1.82, 2.24) is 14.5 Å². The molecule has 0 saturated carbocycles. The summed E-state index contributed by atoms with van der Waals surface area (Å²) in [6.45, 7) is 8.01. The van der Waals surface area contributed by atoms with Gasteiger partial charge in [-0.25, -0.2) is 4.98 Å². The first kappa shape index (κ1) is 24.0. The van der Waals surface area contributed by atoms with Crippen LogP contribution in [0.5, 0.6) is 0 Å². The van der Waals surface area contributed by atoms with E-state index in [-0.39, 0.29) is 0 Å². The van der Waals surface area contributed by atoms with E-state index in [1.165, 1.54) is 38.7 Å². The van der Waals surface area contributed by atoms with Crippen molar-refractivity contribution < 1.29 is 0 Å². The highest BCUT2D eigenvalue weighted by atomic mass is 15.2. The zero-order valence-electron chi connectivity index (χ0n) is 21.4. The Labute approximate surface area is 215 Å². The molecule has 1 heterocycles. The molecule has 0 bridgehead atoms. The molecule has 0 aliphatic heterocycles. The molecule has 3 heteroatoms. The Bertz CT molecular complexity index is 1400. The fraction of sp³-hybridized carbons (Fsp3) is 0.242. The maximum absolute atomic E-state index is 4.90. The lowest BCUT2D eigenvalue weighted by molar-refractivity contribution is 0.242.